The molecule has 0 saturated carbocycles. The minimum absolute atomic E-state index is 0.191. The molecule has 9 heteroatoms. The van der Waals surface area contributed by atoms with Gasteiger partial charge in [-0.25, -0.2) is 12.7 Å². The van der Waals surface area contributed by atoms with Crippen molar-refractivity contribution in [1.29, 1.82) is 0 Å². The largest absolute Gasteiger partial charge is 0.265 e. The van der Waals surface area contributed by atoms with Crippen LogP contribution in [-0.4, -0.2) is 31.0 Å². The Bertz CT molecular complexity index is 915. The molecule has 0 aliphatic carbocycles. The van der Waals surface area contributed by atoms with Gasteiger partial charge in [0.05, 0.1) is 18.0 Å². The van der Waals surface area contributed by atoms with Crippen LogP contribution in [0.15, 0.2) is 52.4 Å². The van der Waals surface area contributed by atoms with Crippen LogP contribution in [0.1, 0.15) is 5.56 Å². The summed E-state index contributed by atoms with van der Waals surface area (Å²) in [6.45, 7) is 0.755. The average Bonchev–Trinajstić information content (AvgIpc) is 3.04. The second-order valence-electron chi connectivity index (χ2n) is 5.22. The van der Waals surface area contributed by atoms with Crippen LogP contribution in [0.5, 0.6) is 0 Å². The van der Waals surface area contributed by atoms with Crippen molar-refractivity contribution in [2.75, 3.05) is 13.1 Å². The SMILES string of the molecule is O=S(=O)(c1ccc(Cl)cc1)N1CCN=C1SCc1ccc(Cl)cc1Cl. The molecule has 0 unspecified atom stereocenters. The molecular weight excluding hydrogens is 423 g/mol. The van der Waals surface area contributed by atoms with Crippen LogP contribution in [0.3, 0.4) is 0 Å². The molecule has 1 aliphatic heterocycles. The molecule has 0 amide bonds. The van der Waals surface area contributed by atoms with E-state index in [1.165, 1.54) is 28.2 Å². The van der Waals surface area contributed by atoms with Gasteiger partial charge >= 0.3 is 0 Å². The van der Waals surface area contributed by atoms with Gasteiger partial charge in [0.1, 0.15) is 0 Å². The van der Waals surface area contributed by atoms with E-state index in [0.29, 0.717) is 39.1 Å². The van der Waals surface area contributed by atoms with Gasteiger partial charge in [-0.3, -0.25) is 4.99 Å². The fourth-order valence-corrected chi connectivity index (χ4v) is 5.67. The Labute approximate surface area is 165 Å². The van der Waals surface area contributed by atoms with Gasteiger partial charge in [-0.2, -0.15) is 0 Å². The molecule has 0 bridgehead atoms. The zero-order chi connectivity index (χ0) is 18.0. The Kier molecular flexibility index (Phi) is 5.85. The first-order chi connectivity index (χ1) is 11.9. The van der Waals surface area contributed by atoms with Crippen molar-refractivity contribution >= 4 is 61.8 Å². The summed E-state index contributed by atoms with van der Waals surface area (Å²) in [5.74, 6) is 0.501. The summed E-state index contributed by atoms with van der Waals surface area (Å²) in [7, 11) is -3.66. The molecule has 0 fully saturated rings. The highest BCUT2D eigenvalue weighted by Gasteiger charge is 2.30. The van der Waals surface area contributed by atoms with Gasteiger partial charge < -0.3 is 0 Å². The Morgan fingerprint density at radius 2 is 1.72 bits per heavy atom. The number of hydrogen-bond acceptors (Lipinski definition) is 4. The second kappa shape index (κ2) is 7.76. The first-order valence-electron chi connectivity index (χ1n) is 7.27. The third-order valence-electron chi connectivity index (χ3n) is 3.54. The van der Waals surface area contributed by atoms with Crippen LogP contribution in [0.4, 0.5) is 0 Å². The lowest BCUT2D eigenvalue weighted by Gasteiger charge is -2.20. The van der Waals surface area contributed by atoms with Crippen LogP contribution in [0.2, 0.25) is 15.1 Å². The Morgan fingerprint density at radius 1 is 1.04 bits per heavy atom. The van der Waals surface area contributed by atoms with Crippen molar-refractivity contribution in [3.63, 3.8) is 0 Å². The summed E-state index contributed by atoms with van der Waals surface area (Å²) in [6.07, 6.45) is 0. The molecule has 3 rings (SSSR count). The van der Waals surface area contributed by atoms with Gasteiger partial charge in [-0.1, -0.05) is 52.6 Å². The molecule has 0 N–H and O–H groups in total. The molecule has 1 aliphatic rings. The molecule has 0 saturated heterocycles. The van der Waals surface area contributed by atoms with Crippen LogP contribution < -0.4 is 0 Å². The lowest BCUT2D eigenvalue weighted by Crippen LogP contribution is -2.32. The highest BCUT2D eigenvalue weighted by atomic mass is 35.5. The fraction of sp³-hybridized carbons (Fsp3) is 0.188. The number of sulfonamides is 1. The fourth-order valence-electron chi connectivity index (χ4n) is 2.27. The van der Waals surface area contributed by atoms with E-state index < -0.39 is 10.0 Å². The lowest BCUT2D eigenvalue weighted by molar-refractivity contribution is 0.540. The number of halogens is 3. The normalized spacial score (nSPS) is 14.7. The summed E-state index contributed by atoms with van der Waals surface area (Å²) < 4.78 is 27.0. The zero-order valence-corrected chi connectivity index (χ0v) is 16.7. The summed E-state index contributed by atoms with van der Waals surface area (Å²) in [5.41, 5.74) is 0.870. The van der Waals surface area contributed by atoms with Crippen LogP contribution >= 0.6 is 46.6 Å². The minimum atomic E-state index is -3.66. The number of benzene rings is 2. The summed E-state index contributed by atoms with van der Waals surface area (Å²) in [4.78, 5) is 4.51. The van der Waals surface area contributed by atoms with E-state index in [2.05, 4.69) is 4.99 Å². The number of thioether (sulfide) groups is 1. The highest BCUT2D eigenvalue weighted by molar-refractivity contribution is 8.14. The zero-order valence-electron chi connectivity index (χ0n) is 12.8. The van der Waals surface area contributed by atoms with Crippen LogP contribution in [-0.2, 0) is 15.8 Å². The van der Waals surface area contributed by atoms with Crippen molar-refractivity contribution in [3.05, 3.63) is 63.1 Å². The first-order valence-corrected chi connectivity index (χ1v) is 10.8. The molecule has 4 nitrogen and oxygen atoms in total. The molecule has 0 radical (unpaired) electrons. The average molecular weight is 436 g/mol. The summed E-state index contributed by atoms with van der Waals surface area (Å²) >= 11 is 19.2. The Morgan fingerprint density at radius 3 is 2.40 bits per heavy atom. The van der Waals surface area contributed by atoms with E-state index >= 15 is 0 Å². The van der Waals surface area contributed by atoms with E-state index in [4.69, 9.17) is 34.8 Å². The maximum absolute atomic E-state index is 12.8. The van der Waals surface area contributed by atoms with E-state index in [1.807, 2.05) is 6.07 Å². The lowest BCUT2D eigenvalue weighted by atomic mass is 10.2. The quantitative estimate of drug-likeness (QED) is 0.683. The van der Waals surface area contributed by atoms with Crippen molar-refractivity contribution in [2.24, 2.45) is 4.99 Å². The van der Waals surface area contributed by atoms with Gasteiger partial charge in [0, 0.05) is 20.8 Å². The molecule has 2 aromatic rings. The third-order valence-corrected chi connectivity index (χ3v) is 7.36. The van der Waals surface area contributed by atoms with Crippen LogP contribution in [0, 0.1) is 0 Å². The number of hydrogen-bond donors (Lipinski definition) is 0. The molecule has 0 aromatic heterocycles. The van der Waals surface area contributed by atoms with Crippen molar-refractivity contribution < 1.29 is 8.42 Å². The second-order valence-corrected chi connectivity index (χ2v) is 9.30. The van der Waals surface area contributed by atoms with Gasteiger partial charge in [0.2, 0.25) is 0 Å². The third kappa shape index (κ3) is 4.26. The predicted octanol–water partition coefficient (Wildman–Crippen LogP) is 4.94. The van der Waals surface area contributed by atoms with E-state index in [1.54, 1.807) is 24.3 Å². The Hall–Kier alpha value is -0.920. The number of amidine groups is 1. The van der Waals surface area contributed by atoms with E-state index in [0.717, 1.165) is 5.56 Å². The van der Waals surface area contributed by atoms with Gasteiger partial charge in [0.25, 0.3) is 10.0 Å². The summed E-state index contributed by atoms with van der Waals surface area (Å²) in [6, 6.07) is 11.3. The number of nitrogens with zero attached hydrogens (tertiary/aromatic N) is 2. The van der Waals surface area contributed by atoms with Gasteiger partial charge in [0.15, 0.2) is 5.17 Å². The molecule has 2 aromatic carbocycles. The topological polar surface area (TPSA) is 49.7 Å². The standard InChI is InChI=1S/C16H13Cl3N2O2S2/c17-12-3-5-14(6-4-12)25(22,23)21-8-7-20-16(21)24-10-11-1-2-13(18)9-15(11)19/h1-6,9H,7-8,10H2. The number of rotatable bonds is 4. The monoisotopic (exact) mass is 434 g/mol. The van der Waals surface area contributed by atoms with E-state index in [9.17, 15) is 8.42 Å². The van der Waals surface area contributed by atoms with Gasteiger partial charge in [-0.15, -0.1) is 0 Å². The maximum Gasteiger partial charge on any atom is 0.265 e. The molecule has 1 heterocycles. The number of aliphatic imine (C=N–C) groups is 1. The van der Waals surface area contributed by atoms with E-state index in [-0.39, 0.29) is 4.90 Å². The van der Waals surface area contributed by atoms with Gasteiger partial charge in [-0.05, 0) is 42.0 Å². The van der Waals surface area contributed by atoms with Crippen LogP contribution in [0.25, 0.3) is 0 Å². The smallest absolute Gasteiger partial charge is 0.260 e. The maximum atomic E-state index is 12.8. The first kappa shape index (κ1) is 18.9. The highest BCUT2D eigenvalue weighted by Crippen LogP contribution is 2.29. The predicted molar refractivity (Wildman–Crippen MR) is 105 cm³/mol. The molecule has 25 heavy (non-hydrogen) atoms. The Balaban J connectivity index is 1.77. The molecule has 0 spiro atoms. The van der Waals surface area contributed by atoms with Crippen molar-refractivity contribution in [2.45, 2.75) is 10.6 Å². The van der Waals surface area contributed by atoms with Crippen molar-refractivity contribution in [1.82, 2.24) is 4.31 Å². The van der Waals surface area contributed by atoms with Crippen molar-refractivity contribution in [3.8, 4) is 0 Å². The summed E-state index contributed by atoms with van der Waals surface area (Å²) in [5, 5.41) is 2.05. The molecular formula is C16H13Cl3N2O2S2. The molecule has 0 atom stereocenters. The molecule has 132 valence electrons. The minimum Gasteiger partial charge on any atom is -0.260 e.